The van der Waals surface area contributed by atoms with Crippen LogP contribution in [0.3, 0.4) is 0 Å². The van der Waals surface area contributed by atoms with E-state index in [0.29, 0.717) is 17.6 Å². The Morgan fingerprint density at radius 2 is 1.78 bits per heavy atom. The first-order chi connectivity index (χ1) is 11.2. The second-order valence-corrected chi connectivity index (χ2v) is 6.62. The van der Waals surface area contributed by atoms with E-state index in [1.165, 1.54) is 0 Å². The first kappa shape index (κ1) is 16.6. The number of aliphatic hydroxyl groups is 1. The smallest absolute Gasteiger partial charge is 0.161 e. The Kier molecular flexibility index (Phi) is 5.41. The van der Waals surface area contributed by atoms with Gasteiger partial charge in [0.05, 0.1) is 19.8 Å². The average Bonchev–Trinajstić information content (AvgIpc) is 2.95. The summed E-state index contributed by atoms with van der Waals surface area (Å²) in [7, 11) is 3.38. The molecule has 1 saturated heterocycles. The van der Waals surface area contributed by atoms with Gasteiger partial charge in [-0.25, -0.2) is 0 Å². The van der Waals surface area contributed by atoms with E-state index in [1.807, 2.05) is 24.3 Å². The largest absolute Gasteiger partial charge is 0.493 e. The summed E-state index contributed by atoms with van der Waals surface area (Å²) in [5.74, 6) is 2.59. The first-order valence-corrected chi connectivity index (χ1v) is 8.40. The van der Waals surface area contributed by atoms with Crippen LogP contribution in [0.15, 0.2) is 24.3 Å². The van der Waals surface area contributed by atoms with Gasteiger partial charge in [0.15, 0.2) is 11.5 Å². The van der Waals surface area contributed by atoms with Gasteiger partial charge in [0.25, 0.3) is 0 Å². The number of para-hydroxylation sites is 2. The molecule has 0 radical (unpaired) electrons. The molecule has 2 fully saturated rings. The second-order valence-electron chi connectivity index (χ2n) is 6.62. The van der Waals surface area contributed by atoms with E-state index >= 15 is 0 Å². The molecule has 0 spiro atoms. The monoisotopic (exact) mass is 321 g/mol. The molecule has 128 valence electrons. The highest BCUT2D eigenvalue weighted by molar-refractivity contribution is 5.39. The summed E-state index contributed by atoms with van der Waals surface area (Å²) in [5, 5.41) is 10.5. The molecule has 1 aliphatic heterocycles. The summed E-state index contributed by atoms with van der Waals surface area (Å²) in [6.45, 7) is 3.87. The third-order valence-corrected chi connectivity index (χ3v) is 5.12. The molecule has 4 atom stereocenters. The summed E-state index contributed by atoms with van der Waals surface area (Å²) < 4.78 is 16.6. The van der Waals surface area contributed by atoms with E-state index in [2.05, 4.69) is 4.90 Å². The molecule has 1 N–H and O–H groups in total. The summed E-state index contributed by atoms with van der Waals surface area (Å²) in [5.41, 5.74) is 0. The minimum atomic E-state index is -0.413. The van der Waals surface area contributed by atoms with Crippen LogP contribution in [0.25, 0.3) is 0 Å². The molecule has 3 rings (SSSR count). The average molecular weight is 321 g/mol. The molecule has 0 aromatic heterocycles. The van der Waals surface area contributed by atoms with Crippen molar-refractivity contribution >= 4 is 0 Å². The Morgan fingerprint density at radius 3 is 2.48 bits per heavy atom. The fourth-order valence-corrected chi connectivity index (χ4v) is 3.90. The quantitative estimate of drug-likeness (QED) is 0.866. The van der Waals surface area contributed by atoms with Crippen molar-refractivity contribution in [1.82, 2.24) is 4.90 Å². The highest BCUT2D eigenvalue weighted by Crippen LogP contribution is 2.39. The molecular weight excluding hydrogens is 294 g/mol. The lowest BCUT2D eigenvalue weighted by Gasteiger charge is -2.35. The van der Waals surface area contributed by atoms with Gasteiger partial charge >= 0.3 is 0 Å². The highest BCUT2D eigenvalue weighted by Gasteiger charge is 2.42. The molecule has 23 heavy (non-hydrogen) atoms. The number of likely N-dealkylation sites (tertiary alicyclic amines) is 1. The van der Waals surface area contributed by atoms with E-state index in [9.17, 15) is 5.11 Å². The van der Waals surface area contributed by atoms with Crippen LogP contribution >= 0.6 is 0 Å². The van der Waals surface area contributed by atoms with Crippen molar-refractivity contribution in [2.75, 3.05) is 40.5 Å². The molecule has 1 aromatic rings. The molecule has 0 bridgehead atoms. The SMILES string of the molecule is COCCN1C[C@H]2C[C@@H](Oc3ccccc3OC)[C@H](O)C[C@H]2C1. The molecule has 1 heterocycles. The third-order valence-electron chi connectivity index (χ3n) is 5.12. The molecule has 0 unspecified atom stereocenters. The lowest BCUT2D eigenvalue weighted by atomic mass is 9.78. The number of ether oxygens (including phenoxy) is 3. The summed E-state index contributed by atoms with van der Waals surface area (Å²) in [6, 6.07) is 7.63. The molecule has 1 saturated carbocycles. The summed E-state index contributed by atoms with van der Waals surface area (Å²) >= 11 is 0. The zero-order chi connectivity index (χ0) is 16.2. The third kappa shape index (κ3) is 3.79. The lowest BCUT2D eigenvalue weighted by molar-refractivity contribution is -0.0240. The van der Waals surface area contributed by atoms with Crippen LogP contribution in [0.4, 0.5) is 0 Å². The second kappa shape index (κ2) is 7.51. The predicted octanol–water partition coefficient (Wildman–Crippen LogP) is 1.79. The number of hydrogen-bond acceptors (Lipinski definition) is 5. The Labute approximate surface area is 138 Å². The van der Waals surface area contributed by atoms with Gasteiger partial charge in [-0.1, -0.05) is 12.1 Å². The van der Waals surface area contributed by atoms with Crippen molar-refractivity contribution in [1.29, 1.82) is 0 Å². The standard InChI is InChI=1S/C18H27NO4/c1-21-8-7-19-11-13-9-15(20)18(10-14(13)12-19)23-17-6-4-3-5-16(17)22-2/h3-6,13-15,18,20H,7-12H2,1-2H3/t13-,14+,15+,18+/m0/s1. The maximum absolute atomic E-state index is 10.5. The van der Waals surface area contributed by atoms with Gasteiger partial charge in [-0.05, 0) is 36.8 Å². The van der Waals surface area contributed by atoms with Crippen LogP contribution in [-0.2, 0) is 4.74 Å². The topological polar surface area (TPSA) is 51.2 Å². The minimum Gasteiger partial charge on any atom is -0.493 e. The van der Waals surface area contributed by atoms with E-state index in [4.69, 9.17) is 14.2 Å². The van der Waals surface area contributed by atoms with Crippen molar-refractivity contribution in [2.45, 2.75) is 25.0 Å². The van der Waals surface area contributed by atoms with Gasteiger partial charge in [0.1, 0.15) is 6.10 Å². The van der Waals surface area contributed by atoms with Gasteiger partial charge in [-0.3, -0.25) is 0 Å². The van der Waals surface area contributed by atoms with Gasteiger partial charge < -0.3 is 24.2 Å². The Bertz CT molecular complexity index is 510. The van der Waals surface area contributed by atoms with Gasteiger partial charge in [-0.15, -0.1) is 0 Å². The van der Waals surface area contributed by atoms with Crippen LogP contribution in [-0.4, -0.2) is 62.7 Å². The summed E-state index contributed by atoms with van der Waals surface area (Å²) in [4.78, 5) is 2.44. The van der Waals surface area contributed by atoms with E-state index in [1.54, 1.807) is 14.2 Å². The van der Waals surface area contributed by atoms with Gasteiger partial charge in [-0.2, -0.15) is 0 Å². The van der Waals surface area contributed by atoms with Gasteiger partial charge in [0.2, 0.25) is 0 Å². The van der Waals surface area contributed by atoms with E-state index in [0.717, 1.165) is 44.8 Å². The van der Waals surface area contributed by atoms with Crippen molar-refractivity contribution < 1.29 is 19.3 Å². The van der Waals surface area contributed by atoms with Crippen molar-refractivity contribution in [3.8, 4) is 11.5 Å². The number of aliphatic hydroxyl groups excluding tert-OH is 1. The Balaban J connectivity index is 1.62. The van der Waals surface area contributed by atoms with Crippen LogP contribution in [0, 0.1) is 11.8 Å². The number of benzene rings is 1. The van der Waals surface area contributed by atoms with E-state index < -0.39 is 6.10 Å². The lowest BCUT2D eigenvalue weighted by Crippen LogP contribution is -2.42. The Hall–Kier alpha value is -1.30. The molecule has 0 amide bonds. The zero-order valence-corrected chi connectivity index (χ0v) is 14.0. The van der Waals surface area contributed by atoms with Crippen LogP contribution in [0.5, 0.6) is 11.5 Å². The number of rotatable bonds is 6. The highest BCUT2D eigenvalue weighted by atomic mass is 16.5. The Morgan fingerprint density at radius 1 is 1.09 bits per heavy atom. The maximum Gasteiger partial charge on any atom is 0.161 e. The van der Waals surface area contributed by atoms with E-state index in [-0.39, 0.29) is 6.10 Å². The van der Waals surface area contributed by atoms with Crippen molar-refractivity contribution in [2.24, 2.45) is 11.8 Å². The van der Waals surface area contributed by atoms with Crippen LogP contribution in [0.2, 0.25) is 0 Å². The molecule has 1 aliphatic carbocycles. The number of methoxy groups -OCH3 is 2. The fourth-order valence-electron chi connectivity index (χ4n) is 3.90. The van der Waals surface area contributed by atoms with Gasteiger partial charge in [0, 0.05) is 26.7 Å². The number of fused-ring (bicyclic) bond motifs is 1. The van der Waals surface area contributed by atoms with Crippen molar-refractivity contribution in [3.05, 3.63) is 24.3 Å². The minimum absolute atomic E-state index is 0.157. The van der Waals surface area contributed by atoms with Crippen molar-refractivity contribution in [3.63, 3.8) is 0 Å². The summed E-state index contributed by atoms with van der Waals surface area (Å²) in [6.07, 6.45) is 1.14. The van der Waals surface area contributed by atoms with Crippen LogP contribution in [0.1, 0.15) is 12.8 Å². The molecule has 5 heteroatoms. The normalized spacial score (nSPS) is 30.9. The molecule has 1 aromatic carbocycles. The predicted molar refractivity (Wildman–Crippen MR) is 87.9 cm³/mol. The fraction of sp³-hybridized carbons (Fsp3) is 0.667. The number of hydrogen-bond donors (Lipinski definition) is 1. The maximum atomic E-state index is 10.5. The zero-order valence-electron chi connectivity index (χ0n) is 14.0. The van der Waals surface area contributed by atoms with Crippen LogP contribution < -0.4 is 9.47 Å². The molecule has 5 nitrogen and oxygen atoms in total. The molecule has 2 aliphatic rings. The first-order valence-electron chi connectivity index (χ1n) is 8.40. The molecular formula is C18H27NO4. The number of nitrogens with zero attached hydrogens (tertiary/aromatic N) is 1.